The number of piperidine rings is 1. The molecule has 0 aromatic heterocycles. The van der Waals surface area contributed by atoms with Crippen molar-refractivity contribution in [2.75, 3.05) is 24.7 Å². The topological polar surface area (TPSA) is 92.5 Å². The Hall–Kier alpha value is -2.02. The number of carbonyl (C=O) groups is 3. The highest BCUT2D eigenvalue weighted by Gasteiger charge is 2.27. The van der Waals surface area contributed by atoms with Crippen LogP contribution in [-0.4, -0.2) is 47.2 Å². The number of carbonyl (C=O) groups excluding carboxylic acids is 3. The molecule has 0 radical (unpaired) electrons. The Balaban J connectivity index is 2.10. The Bertz CT molecular complexity index is 627. The molecule has 1 aromatic rings. The Morgan fingerprint density at radius 1 is 1.25 bits per heavy atom. The molecule has 1 aliphatic heterocycles. The standard InChI is InChI=1S/C17H23N3O3S/c1-11(24-2)16(22)19-14-6-4-3-5-13(14)17(23)20-9-7-12(8-10-20)15(18)21/h3-6,11-12H,7-10H2,1-2H3,(H2,18,21)(H,19,22). The molecule has 1 saturated heterocycles. The summed E-state index contributed by atoms with van der Waals surface area (Å²) in [5.74, 6) is -0.729. The van der Waals surface area contributed by atoms with E-state index in [9.17, 15) is 14.4 Å². The van der Waals surface area contributed by atoms with Crippen LogP contribution in [0.25, 0.3) is 0 Å². The van der Waals surface area contributed by atoms with E-state index in [0.29, 0.717) is 37.2 Å². The van der Waals surface area contributed by atoms with Gasteiger partial charge in [0.25, 0.3) is 5.91 Å². The largest absolute Gasteiger partial charge is 0.369 e. The summed E-state index contributed by atoms with van der Waals surface area (Å²) in [4.78, 5) is 37.8. The molecule has 1 aromatic carbocycles. The van der Waals surface area contributed by atoms with E-state index < -0.39 is 0 Å². The molecule has 1 atom stereocenters. The average molecular weight is 349 g/mol. The van der Waals surface area contributed by atoms with E-state index in [1.54, 1.807) is 29.2 Å². The van der Waals surface area contributed by atoms with E-state index >= 15 is 0 Å². The fraction of sp³-hybridized carbons (Fsp3) is 0.471. The molecule has 3 amide bonds. The number of para-hydroxylation sites is 1. The maximum Gasteiger partial charge on any atom is 0.255 e. The van der Waals surface area contributed by atoms with Gasteiger partial charge >= 0.3 is 0 Å². The number of anilines is 1. The van der Waals surface area contributed by atoms with Gasteiger partial charge in [0, 0.05) is 19.0 Å². The monoisotopic (exact) mass is 349 g/mol. The smallest absolute Gasteiger partial charge is 0.255 e. The number of thioether (sulfide) groups is 1. The molecule has 1 unspecified atom stereocenters. The van der Waals surface area contributed by atoms with E-state index in [1.165, 1.54) is 11.8 Å². The van der Waals surface area contributed by atoms with Gasteiger partial charge in [0.2, 0.25) is 11.8 Å². The summed E-state index contributed by atoms with van der Waals surface area (Å²) in [6, 6.07) is 7.00. The van der Waals surface area contributed by atoms with Gasteiger partial charge < -0.3 is 16.0 Å². The van der Waals surface area contributed by atoms with E-state index in [1.807, 2.05) is 13.2 Å². The summed E-state index contributed by atoms with van der Waals surface area (Å²) < 4.78 is 0. The predicted octanol–water partition coefficient (Wildman–Crippen LogP) is 1.71. The lowest BCUT2D eigenvalue weighted by Crippen LogP contribution is -2.42. The van der Waals surface area contributed by atoms with Gasteiger partial charge in [-0.25, -0.2) is 0 Å². The van der Waals surface area contributed by atoms with Crippen LogP contribution in [0.5, 0.6) is 0 Å². The number of primary amides is 1. The summed E-state index contributed by atoms with van der Waals surface area (Å²) in [6.45, 7) is 2.81. The number of nitrogens with one attached hydrogen (secondary N) is 1. The van der Waals surface area contributed by atoms with Crippen molar-refractivity contribution in [2.45, 2.75) is 25.0 Å². The van der Waals surface area contributed by atoms with E-state index in [-0.39, 0.29) is 28.9 Å². The van der Waals surface area contributed by atoms with Crippen LogP contribution in [0.2, 0.25) is 0 Å². The minimum absolute atomic E-state index is 0.129. The van der Waals surface area contributed by atoms with Gasteiger partial charge in [0.1, 0.15) is 0 Å². The summed E-state index contributed by atoms with van der Waals surface area (Å²) in [7, 11) is 0. The Labute approximate surface area is 146 Å². The number of hydrogen-bond donors (Lipinski definition) is 2. The normalized spacial score (nSPS) is 16.5. The van der Waals surface area contributed by atoms with Crippen LogP contribution in [0.15, 0.2) is 24.3 Å². The minimum atomic E-state index is -0.305. The lowest BCUT2D eigenvalue weighted by Gasteiger charge is -2.31. The summed E-state index contributed by atoms with van der Waals surface area (Å²) >= 11 is 1.45. The fourth-order valence-electron chi connectivity index (χ4n) is 2.66. The van der Waals surface area contributed by atoms with Gasteiger partial charge in [-0.1, -0.05) is 12.1 Å². The predicted molar refractivity (Wildman–Crippen MR) is 95.9 cm³/mol. The first kappa shape index (κ1) is 18.3. The first-order chi connectivity index (χ1) is 11.4. The van der Waals surface area contributed by atoms with E-state index in [4.69, 9.17) is 5.73 Å². The number of rotatable bonds is 5. The second-order valence-electron chi connectivity index (χ2n) is 5.88. The molecule has 7 heteroatoms. The summed E-state index contributed by atoms with van der Waals surface area (Å²) in [5.41, 5.74) is 6.32. The first-order valence-electron chi connectivity index (χ1n) is 7.95. The summed E-state index contributed by atoms with van der Waals surface area (Å²) in [5, 5.41) is 2.63. The zero-order valence-corrected chi connectivity index (χ0v) is 14.8. The third kappa shape index (κ3) is 4.29. The second kappa shape index (κ2) is 8.19. The van der Waals surface area contributed by atoms with E-state index in [2.05, 4.69) is 5.32 Å². The molecular formula is C17H23N3O3S. The fourth-order valence-corrected chi connectivity index (χ4v) is 2.93. The van der Waals surface area contributed by atoms with Crippen LogP contribution in [0.4, 0.5) is 5.69 Å². The molecule has 1 fully saturated rings. The molecule has 0 spiro atoms. The van der Waals surface area contributed by atoms with Gasteiger partial charge in [-0.15, -0.1) is 0 Å². The van der Waals surface area contributed by atoms with Crippen molar-refractivity contribution in [3.8, 4) is 0 Å². The zero-order chi connectivity index (χ0) is 17.7. The quantitative estimate of drug-likeness (QED) is 0.846. The molecule has 130 valence electrons. The van der Waals surface area contributed by atoms with Crippen LogP contribution in [0.3, 0.4) is 0 Å². The molecule has 6 nitrogen and oxygen atoms in total. The molecule has 0 saturated carbocycles. The highest BCUT2D eigenvalue weighted by atomic mass is 32.2. The lowest BCUT2D eigenvalue weighted by molar-refractivity contribution is -0.123. The number of hydrogen-bond acceptors (Lipinski definition) is 4. The molecule has 1 heterocycles. The molecule has 2 rings (SSSR count). The maximum absolute atomic E-state index is 12.8. The zero-order valence-electron chi connectivity index (χ0n) is 14.0. The van der Waals surface area contributed by atoms with Crippen molar-refractivity contribution >= 4 is 35.2 Å². The van der Waals surface area contributed by atoms with Crippen molar-refractivity contribution in [3.63, 3.8) is 0 Å². The molecule has 0 bridgehead atoms. The highest BCUT2D eigenvalue weighted by molar-refractivity contribution is 7.99. The average Bonchev–Trinajstić information content (AvgIpc) is 2.60. The molecule has 3 N–H and O–H groups in total. The van der Waals surface area contributed by atoms with Crippen LogP contribution < -0.4 is 11.1 Å². The van der Waals surface area contributed by atoms with Crippen LogP contribution >= 0.6 is 11.8 Å². The van der Waals surface area contributed by atoms with Crippen LogP contribution in [-0.2, 0) is 9.59 Å². The van der Waals surface area contributed by atoms with Gasteiger partial charge in [-0.05, 0) is 38.2 Å². The Morgan fingerprint density at radius 3 is 2.46 bits per heavy atom. The van der Waals surface area contributed by atoms with Gasteiger partial charge in [-0.3, -0.25) is 14.4 Å². The van der Waals surface area contributed by atoms with Crippen molar-refractivity contribution < 1.29 is 14.4 Å². The molecule has 0 aliphatic carbocycles. The molecular weight excluding hydrogens is 326 g/mol. The first-order valence-corrected chi connectivity index (χ1v) is 9.24. The van der Waals surface area contributed by atoms with Crippen LogP contribution in [0.1, 0.15) is 30.1 Å². The Morgan fingerprint density at radius 2 is 1.88 bits per heavy atom. The maximum atomic E-state index is 12.8. The van der Waals surface area contributed by atoms with Crippen molar-refractivity contribution in [3.05, 3.63) is 29.8 Å². The molecule has 1 aliphatic rings. The van der Waals surface area contributed by atoms with Crippen molar-refractivity contribution in [1.82, 2.24) is 4.90 Å². The number of nitrogens with zero attached hydrogens (tertiary/aromatic N) is 1. The minimum Gasteiger partial charge on any atom is -0.369 e. The number of benzene rings is 1. The number of nitrogens with two attached hydrogens (primary N) is 1. The van der Waals surface area contributed by atoms with Gasteiger partial charge in [0.15, 0.2) is 0 Å². The van der Waals surface area contributed by atoms with Crippen LogP contribution in [0, 0.1) is 5.92 Å². The highest BCUT2D eigenvalue weighted by Crippen LogP contribution is 2.23. The van der Waals surface area contributed by atoms with Gasteiger partial charge in [0.05, 0.1) is 16.5 Å². The third-order valence-electron chi connectivity index (χ3n) is 4.32. The third-order valence-corrected chi connectivity index (χ3v) is 5.24. The van der Waals surface area contributed by atoms with E-state index in [0.717, 1.165) is 0 Å². The van der Waals surface area contributed by atoms with Crippen molar-refractivity contribution in [1.29, 1.82) is 0 Å². The Kier molecular flexibility index (Phi) is 6.25. The second-order valence-corrected chi connectivity index (χ2v) is 7.06. The van der Waals surface area contributed by atoms with Crippen molar-refractivity contribution in [2.24, 2.45) is 11.7 Å². The number of amides is 3. The summed E-state index contributed by atoms with van der Waals surface area (Å²) in [6.07, 6.45) is 3.03. The number of likely N-dealkylation sites (tertiary alicyclic amines) is 1. The SMILES string of the molecule is CSC(C)C(=O)Nc1ccccc1C(=O)N1CCC(C(N)=O)CC1. The van der Waals surface area contributed by atoms with Gasteiger partial charge in [-0.2, -0.15) is 11.8 Å². The molecule has 24 heavy (non-hydrogen) atoms. The lowest BCUT2D eigenvalue weighted by atomic mass is 9.95.